The van der Waals surface area contributed by atoms with Crippen LogP contribution in [0.4, 0.5) is 0 Å². The van der Waals surface area contributed by atoms with Crippen LogP contribution < -0.4 is 10.6 Å². The second-order valence-corrected chi connectivity index (χ2v) is 8.41. The van der Waals surface area contributed by atoms with E-state index < -0.39 is 5.60 Å². The van der Waals surface area contributed by atoms with Crippen molar-refractivity contribution in [2.24, 2.45) is 4.99 Å². The molecule has 5 nitrogen and oxygen atoms in total. The van der Waals surface area contributed by atoms with Crippen molar-refractivity contribution in [1.82, 2.24) is 15.5 Å². The number of guanidine groups is 1. The van der Waals surface area contributed by atoms with Gasteiger partial charge in [0.2, 0.25) is 0 Å². The smallest absolute Gasteiger partial charge is 0.191 e. The first-order chi connectivity index (χ1) is 12.5. The van der Waals surface area contributed by atoms with E-state index in [-0.39, 0.29) is 24.0 Å². The van der Waals surface area contributed by atoms with E-state index in [9.17, 15) is 5.11 Å². The van der Waals surface area contributed by atoms with Gasteiger partial charge < -0.3 is 20.6 Å². The van der Waals surface area contributed by atoms with Crippen LogP contribution in [0.1, 0.15) is 57.8 Å². The Labute approximate surface area is 186 Å². The van der Waals surface area contributed by atoms with E-state index in [1.54, 1.807) is 11.3 Å². The zero-order valence-corrected chi connectivity index (χ0v) is 20.2. The molecule has 2 unspecified atom stereocenters. The molecule has 0 bridgehead atoms. The van der Waals surface area contributed by atoms with Gasteiger partial charge in [-0.2, -0.15) is 0 Å². The molecule has 2 rings (SSSR count). The number of unbranched alkanes of at least 4 members (excludes halogenated alkanes) is 1. The van der Waals surface area contributed by atoms with E-state index in [0.717, 1.165) is 36.4 Å². The van der Waals surface area contributed by atoms with Crippen LogP contribution in [-0.2, 0) is 5.60 Å². The zero-order chi connectivity index (χ0) is 18.8. The van der Waals surface area contributed by atoms with Crippen LogP contribution in [0.15, 0.2) is 22.5 Å². The molecule has 2 heterocycles. The molecule has 2 atom stereocenters. The van der Waals surface area contributed by atoms with Crippen LogP contribution in [0.5, 0.6) is 0 Å². The second kappa shape index (κ2) is 13.0. The van der Waals surface area contributed by atoms with Crippen molar-refractivity contribution < 1.29 is 5.11 Å². The largest absolute Gasteiger partial charge is 0.383 e. The van der Waals surface area contributed by atoms with E-state index in [1.807, 2.05) is 24.4 Å². The van der Waals surface area contributed by atoms with Gasteiger partial charge in [0, 0.05) is 24.0 Å². The van der Waals surface area contributed by atoms with Gasteiger partial charge in [0.25, 0.3) is 0 Å². The summed E-state index contributed by atoms with van der Waals surface area (Å²) in [5, 5.41) is 19.3. The fourth-order valence-corrected chi connectivity index (χ4v) is 4.15. The molecular weight excluding hydrogens is 471 g/mol. The molecular formula is C20H37IN4OS. The Bertz CT molecular complexity index is 536. The molecule has 1 saturated heterocycles. The molecule has 156 valence electrons. The monoisotopic (exact) mass is 508 g/mol. The summed E-state index contributed by atoms with van der Waals surface area (Å²) in [6.45, 7) is 10.8. The van der Waals surface area contributed by atoms with Crippen LogP contribution >= 0.6 is 35.3 Å². The summed E-state index contributed by atoms with van der Waals surface area (Å²) in [6, 6.07) is 4.67. The molecule has 1 aromatic rings. The summed E-state index contributed by atoms with van der Waals surface area (Å²) in [5.74, 6) is 0.788. The number of likely N-dealkylation sites (tertiary alicyclic amines) is 1. The number of nitrogens with zero attached hydrogens (tertiary/aromatic N) is 2. The molecule has 0 radical (unpaired) electrons. The number of rotatable bonds is 9. The van der Waals surface area contributed by atoms with Gasteiger partial charge in [-0.25, -0.2) is 4.99 Å². The van der Waals surface area contributed by atoms with Crippen LogP contribution in [-0.4, -0.2) is 54.7 Å². The average molecular weight is 509 g/mol. The highest BCUT2D eigenvalue weighted by molar-refractivity contribution is 14.0. The van der Waals surface area contributed by atoms with Crippen LogP contribution in [0.2, 0.25) is 0 Å². The van der Waals surface area contributed by atoms with Crippen LogP contribution in [0, 0.1) is 0 Å². The third kappa shape index (κ3) is 8.66. The summed E-state index contributed by atoms with van der Waals surface area (Å²) in [4.78, 5) is 8.16. The van der Waals surface area contributed by atoms with Gasteiger partial charge in [-0.1, -0.05) is 12.5 Å². The summed E-state index contributed by atoms with van der Waals surface area (Å²) < 4.78 is 0. The molecule has 1 fully saturated rings. The molecule has 1 aliphatic rings. The fourth-order valence-electron chi connectivity index (χ4n) is 3.37. The zero-order valence-electron chi connectivity index (χ0n) is 17.0. The highest BCUT2D eigenvalue weighted by Crippen LogP contribution is 2.25. The topological polar surface area (TPSA) is 59.9 Å². The van der Waals surface area contributed by atoms with E-state index in [1.165, 1.54) is 38.8 Å². The minimum Gasteiger partial charge on any atom is -0.383 e. The highest BCUT2D eigenvalue weighted by Gasteiger charge is 2.24. The molecule has 7 heteroatoms. The number of hydrogen-bond acceptors (Lipinski definition) is 4. The maximum absolute atomic E-state index is 10.6. The first kappa shape index (κ1) is 24.7. The average Bonchev–Trinajstić information content (AvgIpc) is 3.16. The SMILES string of the molecule is CCNC(=NCC(C)(O)c1cccs1)NCCCCN1CCCCC1C.I. The fraction of sp³-hybridized carbons (Fsp3) is 0.750. The Balaban J connectivity index is 0.00000364. The molecule has 1 aromatic heterocycles. The second-order valence-electron chi connectivity index (χ2n) is 7.46. The van der Waals surface area contributed by atoms with E-state index in [2.05, 4.69) is 34.4 Å². The molecule has 0 aliphatic carbocycles. The van der Waals surface area contributed by atoms with Gasteiger partial charge in [0.15, 0.2) is 5.96 Å². The van der Waals surface area contributed by atoms with Crippen molar-refractivity contribution in [2.45, 2.75) is 64.5 Å². The minimum atomic E-state index is -0.916. The van der Waals surface area contributed by atoms with Crippen molar-refractivity contribution in [3.63, 3.8) is 0 Å². The number of nitrogens with one attached hydrogen (secondary N) is 2. The van der Waals surface area contributed by atoms with Crippen molar-refractivity contribution in [1.29, 1.82) is 0 Å². The Morgan fingerprint density at radius 3 is 2.85 bits per heavy atom. The van der Waals surface area contributed by atoms with Crippen LogP contribution in [0.25, 0.3) is 0 Å². The summed E-state index contributed by atoms with van der Waals surface area (Å²) in [5.41, 5.74) is -0.916. The number of piperidine rings is 1. The summed E-state index contributed by atoms with van der Waals surface area (Å²) in [6.07, 6.45) is 6.43. The third-order valence-corrected chi connectivity index (χ3v) is 6.17. The first-order valence-corrected chi connectivity index (χ1v) is 10.9. The number of aliphatic imine (C=N–C) groups is 1. The molecule has 0 amide bonds. The van der Waals surface area contributed by atoms with E-state index in [4.69, 9.17) is 0 Å². The number of halogens is 1. The van der Waals surface area contributed by atoms with E-state index >= 15 is 0 Å². The molecule has 1 aliphatic heterocycles. The maximum Gasteiger partial charge on any atom is 0.191 e. The van der Waals surface area contributed by atoms with Crippen molar-refractivity contribution in [3.05, 3.63) is 22.4 Å². The lowest BCUT2D eigenvalue weighted by Crippen LogP contribution is -2.40. The van der Waals surface area contributed by atoms with Gasteiger partial charge in [-0.05, 0) is 71.0 Å². The predicted octanol–water partition coefficient (Wildman–Crippen LogP) is 3.78. The third-order valence-electron chi connectivity index (χ3n) is 5.05. The molecule has 27 heavy (non-hydrogen) atoms. The van der Waals surface area contributed by atoms with Gasteiger partial charge in [0.1, 0.15) is 5.60 Å². The quantitative estimate of drug-likeness (QED) is 0.206. The lowest BCUT2D eigenvalue weighted by atomic mass is 10.0. The summed E-state index contributed by atoms with van der Waals surface area (Å²) in [7, 11) is 0. The van der Waals surface area contributed by atoms with Crippen LogP contribution in [0.3, 0.4) is 0 Å². The molecule has 0 aromatic carbocycles. The maximum atomic E-state index is 10.6. The Kier molecular flexibility index (Phi) is 11.8. The Morgan fingerprint density at radius 1 is 1.37 bits per heavy atom. The van der Waals surface area contributed by atoms with E-state index in [0.29, 0.717) is 6.54 Å². The molecule has 0 saturated carbocycles. The Morgan fingerprint density at radius 2 is 2.19 bits per heavy atom. The van der Waals surface area contributed by atoms with Crippen molar-refractivity contribution in [3.8, 4) is 0 Å². The van der Waals surface area contributed by atoms with Crippen molar-refractivity contribution in [2.75, 3.05) is 32.7 Å². The normalized spacial score (nSPS) is 20.6. The minimum absolute atomic E-state index is 0. The first-order valence-electron chi connectivity index (χ1n) is 10.1. The lowest BCUT2D eigenvalue weighted by molar-refractivity contribution is 0.0711. The highest BCUT2D eigenvalue weighted by atomic mass is 127. The predicted molar refractivity (Wildman–Crippen MR) is 127 cm³/mol. The summed E-state index contributed by atoms with van der Waals surface area (Å²) >= 11 is 1.57. The number of hydrogen-bond donors (Lipinski definition) is 3. The van der Waals surface area contributed by atoms with Gasteiger partial charge in [-0.3, -0.25) is 0 Å². The number of thiophene rings is 1. The standard InChI is InChI=1S/C20H36N4OS.HI/c1-4-21-19(23-16-20(3,25)18-11-9-15-26-18)22-12-6-8-14-24-13-7-5-10-17(24)2;/h9,11,15,17,25H,4-8,10,12-14,16H2,1-3H3,(H2,21,22,23);1H. The van der Waals surface area contributed by atoms with Gasteiger partial charge >= 0.3 is 0 Å². The van der Waals surface area contributed by atoms with Crippen molar-refractivity contribution >= 4 is 41.3 Å². The molecule has 3 N–H and O–H groups in total. The Hall–Kier alpha value is -0.380. The van der Waals surface area contributed by atoms with Gasteiger partial charge in [0.05, 0.1) is 6.54 Å². The lowest BCUT2D eigenvalue weighted by Gasteiger charge is -2.33. The number of aliphatic hydroxyl groups is 1. The molecule has 0 spiro atoms. The van der Waals surface area contributed by atoms with Gasteiger partial charge in [-0.15, -0.1) is 35.3 Å².